The third-order valence-corrected chi connectivity index (χ3v) is 5.25. The van der Waals surface area contributed by atoms with Gasteiger partial charge >= 0.3 is 0 Å². The third-order valence-electron chi connectivity index (χ3n) is 4.41. The maximum absolute atomic E-state index is 12.8. The van der Waals surface area contributed by atoms with E-state index in [1.54, 1.807) is 40.9 Å². The second-order valence-corrected chi connectivity index (χ2v) is 7.67. The summed E-state index contributed by atoms with van der Waals surface area (Å²) in [5.41, 5.74) is 3.29. The van der Waals surface area contributed by atoms with E-state index in [2.05, 4.69) is 20.4 Å². The summed E-state index contributed by atoms with van der Waals surface area (Å²) in [7, 11) is 0. The third kappa shape index (κ3) is 4.23. The van der Waals surface area contributed by atoms with E-state index >= 15 is 0 Å². The Morgan fingerprint density at radius 3 is 2.53 bits per heavy atom. The number of benzene rings is 2. The number of nitrogens with one attached hydrogen (secondary N) is 1. The molecule has 7 nitrogen and oxygen atoms in total. The standard InChI is InChI=1S/C22H19N5O2S/c1-14-12-15(2)27-21(23-14)25-22(26-27)30-13-19(28)24-18-11-7-6-10-17(18)20(29)16-8-4-3-5-9-16/h3-12H,13H2,1-2H3,(H,24,28). The number of carbonyl (C=O) groups excluding carboxylic acids is 2. The summed E-state index contributed by atoms with van der Waals surface area (Å²) in [5.74, 6) is 0.239. The van der Waals surface area contributed by atoms with E-state index in [-0.39, 0.29) is 17.4 Å². The van der Waals surface area contributed by atoms with E-state index < -0.39 is 0 Å². The fourth-order valence-electron chi connectivity index (χ4n) is 3.06. The van der Waals surface area contributed by atoms with Crippen molar-refractivity contribution in [2.75, 3.05) is 11.1 Å². The fraction of sp³-hybridized carbons (Fsp3) is 0.136. The fourth-order valence-corrected chi connectivity index (χ4v) is 3.68. The average Bonchev–Trinajstić information content (AvgIpc) is 3.16. The minimum Gasteiger partial charge on any atom is -0.325 e. The molecule has 0 spiro atoms. The molecule has 0 aliphatic heterocycles. The van der Waals surface area contributed by atoms with E-state index in [0.29, 0.717) is 27.7 Å². The van der Waals surface area contributed by atoms with E-state index in [1.165, 1.54) is 11.8 Å². The van der Waals surface area contributed by atoms with E-state index in [9.17, 15) is 9.59 Å². The van der Waals surface area contributed by atoms with Crippen LogP contribution in [0.4, 0.5) is 5.69 Å². The molecule has 2 aromatic heterocycles. The number of aromatic nitrogens is 4. The van der Waals surface area contributed by atoms with Gasteiger partial charge in [-0.25, -0.2) is 9.50 Å². The molecule has 0 aliphatic rings. The number of aryl methyl sites for hydroxylation is 2. The number of para-hydroxylation sites is 1. The molecule has 0 bridgehead atoms. The number of rotatable bonds is 6. The van der Waals surface area contributed by atoms with Gasteiger partial charge in [-0.3, -0.25) is 9.59 Å². The second-order valence-electron chi connectivity index (χ2n) is 6.72. The summed E-state index contributed by atoms with van der Waals surface area (Å²) in [5, 5.41) is 7.69. The van der Waals surface area contributed by atoms with Crippen molar-refractivity contribution in [3.63, 3.8) is 0 Å². The molecule has 0 unspecified atom stereocenters. The Bertz CT molecular complexity index is 1240. The second kappa shape index (κ2) is 8.46. The van der Waals surface area contributed by atoms with Crippen molar-refractivity contribution >= 4 is 34.9 Å². The van der Waals surface area contributed by atoms with Gasteiger partial charge in [0.05, 0.1) is 11.4 Å². The summed E-state index contributed by atoms with van der Waals surface area (Å²) in [4.78, 5) is 34.0. The van der Waals surface area contributed by atoms with Gasteiger partial charge in [-0.1, -0.05) is 54.2 Å². The molecule has 4 rings (SSSR count). The van der Waals surface area contributed by atoms with Crippen molar-refractivity contribution in [1.82, 2.24) is 19.6 Å². The van der Waals surface area contributed by atoms with Gasteiger partial charge < -0.3 is 5.32 Å². The number of amides is 1. The molecular weight excluding hydrogens is 398 g/mol. The average molecular weight is 417 g/mol. The number of hydrogen-bond donors (Lipinski definition) is 1. The van der Waals surface area contributed by atoms with Crippen LogP contribution in [0.3, 0.4) is 0 Å². The van der Waals surface area contributed by atoms with Gasteiger partial charge in [-0.05, 0) is 32.0 Å². The normalized spacial score (nSPS) is 10.9. The highest BCUT2D eigenvalue weighted by atomic mass is 32.2. The highest BCUT2D eigenvalue weighted by molar-refractivity contribution is 7.99. The Balaban J connectivity index is 1.46. The lowest BCUT2D eigenvalue weighted by molar-refractivity contribution is -0.113. The molecule has 0 fully saturated rings. The molecule has 150 valence electrons. The predicted molar refractivity (Wildman–Crippen MR) is 116 cm³/mol. The summed E-state index contributed by atoms with van der Waals surface area (Å²) in [6, 6.07) is 17.9. The SMILES string of the molecule is Cc1cc(C)n2nc(SCC(=O)Nc3ccccc3C(=O)c3ccccc3)nc2n1. The molecule has 2 heterocycles. The first-order valence-corrected chi connectivity index (χ1v) is 10.3. The Kier molecular flexibility index (Phi) is 5.58. The molecular formula is C22H19N5O2S. The van der Waals surface area contributed by atoms with E-state index in [4.69, 9.17) is 0 Å². The van der Waals surface area contributed by atoms with E-state index in [0.717, 1.165) is 11.4 Å². The van der Waals surface area contributed by atoms with Gasteiger partial charge in [0.2, 0.25) is 11.1 Å². The van der Waals surface area contributed by atoms with Gasteiger partial charge in [-0.15, -0.1) is 5.10 Å². The van der Waals surface area contributed by atoms with Crippen LogP contribution in [-0.2, 0) is 4.79 Å². The summed E-state index contributed by atoms with van der Waals surface area (Å²) in [6.07, 6.45) is 0. The highest BCUT2D eigenvalue weighted by Gasteiger charge is 2.16. The van der Waals surface area contributed by atoms with Crippen LogP contribution < -0.4 is 5.32 Å². The van der Waals surface area contributed by atoms with Crippen LogP contribution in [0.2, 0.25) is 0 Å². The summed E-state index contributed by atoms with van der Waals surface area (Å²) in [6.45, 7) is 3.83. The zero-order chi connectivity index (χ0) is 21.1. The number of carbonyl (C=O) groups is 2. The van der Waals surface area contributed by atoms with Crippen LogP contribution in [0.15, 0.2) is 65.8 Å². The van der Waals surface area contributed by atoms with Crippen LogP contribution in [-0.4, -0.2) is 37.0 Å². The molecule has 0 saturated heterocycles. The molecule has 0 radical (unpaired) electrons. The first kappa shape index (κ1) is 19.8. The van der Waals surface area contributed by atoms with Crippen LogP contribution in [0.5, 0.6) is 0 Å². The Morgan fingerprint density at radius 2 is 1.73 bits per heavy atom. The van der Waals surface area contributed by atoms with Gasteiger partial charge in [0, 0.05) is 22.5 Å². The van der Waals surface area contributed by atoms with Crippen LogP contribution >= 0.6 is 11.8 Å². The monoisotopic (exact) mass is 417 g/mol. The first-order valence-electron chi connectivity index (χ1n) is 9.34. The van der Waals surface area contributed by atoms with Crippen molar-refractivity contribution in [3.05, 3.63) is 83.2 Å². The first-order chi connectivity index (χ1) is 14.5. The summed E-state index contributed by atoms with van der Waals surface area (Å²) < 4.78 is 1.65. The molecule has 1 amide bonds. The number of nitrogens with zero attached hydrogens (tertiary/aromatic N) is 4. The molecule has 0 aliphatic carbocycles. The van der Waals surface area contributed by atoms with Crippen molar-refractivity contribution in [1.29, 1.82) is 0 Å². The number of hydrogen-bond acceptors (Lipinski definition) is 6. The minimum absolute atomic E-state index is 0.114. The Morgan fingerprint density at radius 1 is 1.00 bits per heavy atom. The lowest BCUT2D eigenvalue weighted by atomic mass is 10.0. The van der Waals surface area contributed by atoms with Gasteiger partial charge in [0.1, 0.15) is 0 Å². The predicted octanol–water partition coefficient (Wildman–Crippen LogP) is 3.70. The molecule has 0 atom stereocenters. The van der Waals surface area contributed by atoms with Gasteiger partial charge in [0.25, 0.3) is 5.78 Å². The zero-order valence-electron chi connectivity index (χ0n) is 16.5. The van der Waals surface area contributed by atoms with Crippen molar-refractivity contribution in [2.24, 2.45) is 0 Å². The van der Waals surface area contributed by atoms with Gasteiger partial charge in [0.15, 0.2) is 5.78 Å². The number of ketones is 1. The molecule has 0 saturated carbocycles. The van der Waals surface area contributed by atoms with E-state index in [1.807, 2.05) is 38.1 Å². The maximum Gasteiger partial charge on any atom is 0.253 e. The largest absolute Gasteiger partial charge is 0.325 e. The zero-order valence-corrected chi connectivity index (χ0v) is 17.3. The van der Waals surface area contributed by atoms with Crippen molar-refractivity contribution < 1.29 is 9.59 Å². The maximum atomic E-state index is 12.8. The van der Waals surface area contributed by atoms with Crippen molar-refractivity contribution in [3.8, 4) is 0 Å². The molecule has 30 heavy (non-hydrogen) atoms. The number of thioether (sulfide) groups is 1. The molecule has 4 aromatic rings. The lowest BCUT2D eigenvalue weighted by Gasteiger charge is -2.10. The highest BCUT2D eigenvalue weighted by Crippen LogP contribution is 2.21. The van der Waals surface area contributed by atoms with Crippen molar-refractivity contribution in [2.45, 2.75) is 19.0 Å². The Hall–Kier alpha value is -3.52. The lowest BCUT2D eigenvalue weighted by Crippen LogP contribution is -2.17. The molecule has 1 N–H and O–H groups in total. The number of fused-ring (bicyclic) bond motifs is 1. The van der Waals surface area contributed by atoms with Gasteiger partial charge in [-0.2, -0.15) is 4.98 Å². The smallest absolute Gasteiger partial charge is 0.253 e. The van der Waals surface area contributed by atoms with Crippen LogP contribution in [0, 0.1) is 13.8 Å². The molecule has 2 aromatic carbocycles. The summed E-state index contributed by atoms with van der Waals surface area (Å²) >= 11 is 1.22. The topological polar surface area (TPSA) is 89.3 Å². The number of anilines is 1. The quantitative estimate of drug-likeness (QED) is 0.380. The Labute approximate surface area is 177 Å². The van der Waals surface area contributed by atoms with Crippen LogP contribution in [0.25, 0.3) is 5.78 Å². The minimum atomic E-state index is -0.243. The molecule has 8 heteroatoms. The van der Waals surface area contributed by atoms with Crippen LogP contribution in [0.1, 0.15) is 27.3 Å².